The maximum Gasteiger partial charge on any atom is 0.253 e. The van der Waals surface area contributed by atoms with Crippen molar-refractivity contribution in [1.29, 1.82) is 0 Å². The van der Waals surface area contributed by atoms with Gasteiger partial charge in [-0.3, -0.25) is 4.79 Å². The zero-order valence-electron chi connectivity index (χ0n) is 13.1. The molecule has 0 saturated heterocycles. The number of anilines is 1. The topological polar surface area (TPSA) is 44.4 Å². The number of amides is 1. The fourth-order valence-electron chi connectivity index (χ4n) is 3.71. The van der Waals surface area contributed by atoms with E-state index in [0.29, 0.717) is 16.7 Å². The summed E-state index contributed by atoms with van der Waals surface area (Å²) in [5.41, 5.74) is 1.60. The minimum atomic E-state index is 0.00855. The average Bonchev–Trinajstić information content (AvgIpc) is 3.09. The lowest BCUT2D eigenvalue weighted by atomic mass is 9.96. The van der Waals surface area contributed by atoms with Gasteiger partial charge in [-0.25, -0.2) is 0 Å². The van der Waals surface area contributed by atoms with E-state index < -0.39 is 0 Å². The Labute approximate surface area is 137 Å². The van der Waals surface area contributed by atoms with E-state index in [4.69, 9.17) is 12.2 Å². The number of carbonyl (C=O) groups is 1. The molecule has 118 valence electrons. The van der Waals surface area contributed by atoms with Gasteiger partial charge in [-0.05, 0) is 67.6 Å². The monoisotopic (exact) mass is 317 g/mol. The van der Waals surface area contributed by atoms with Crippen LogP contribution in [0.3, 0.4) is 0 Å². The summed E-state index contributed by atoms with van der Waals surface area (Å²) in [4.78, 5) is 13.4. The lowest BCUT2D eigenvalue weighted by molar-refractivity contribution is 0.0827. The highest BCUT2D eigenvalue weighted by Crippen LogP contribution is 2.44. The summed E-state index contributed by atoms with van der Waals surface area (Å²) in [5, 5.41) is 7.36. The highest BCUT2D eigenvalue weighted by Gasteiger charge is 2.39. The van der Waals surface area contributed by atoms with E-state index in [1.807, 2.05) is 24.3 Å². The van der Waals surface area contributed by atoms with Gasteiger partial charge in [0.2, 0.25) is 0 Å². The summed E-state index contributed by atoms with van der Waals surface area (Å²) >= 11 is 5.42. The number of hydrogen-bond donors (Lipinski definition) is 2. The van der Waals surface area contributed by atoms with E-state index in [2.05, 4.69) is 10.6 Å². The molecule has 0 spiro atoms. The molecule has 5 heteroatoms. The molecule has 4 nitrogen and oxygen atoms in total. The first-order chi connectivity index (χ1) is 10.5. The summed E-state index contributed by atoms with van der Waals surface area (Å²) in [6.45, 7) is 0. The van der Waals surface area contributed by atoms with Crippen molar-refractivity contribution < 1.29 is 4.79 Å². The third-order valence-electron chi connectivity index (χ3n) is 4.85. The van der Waals surface area contributed by atoms with E-state index in [1.165, 1.54) is 25.7 Å². The van der Waals surface area contributed by atoms with Crippen LogP contribution in [0.5, 0.6) is 0 Å². The standard InChI is InChI=1S/C17H23N3OS/c1-20(2)16(21)12-5-7-14(8-6-12)18-17(22)19-15-10-11-3-4-13(15)9-11/h5-8,11,13,15H,3-4,9-10H2,1-2H3,(H2,18,19,22)/t11-,13-,15+/m0/s1. The Morgan fingerprint density at radius 1 is 1.18 bits per heavy atom. The molecule has 2 saturated carbocycles. The fraction of sp³-hybridized carbons (Fsp3) is 0.529. The van der Waals surface area contributed by atoms with E-state index in [0.717, 1.165) is 17.5 Å². The van der Waals surface area contributed by atoms with Crippen molar-refractivity contribution in [3.05, 3.63) is 29.8 Å². The predicted octanol–water partition coefficient (Wildman–Crippen LogP) is 2.86. The molecule has 0 aliphatic heterocycles. The van der Waals surface area contributed by atoms with E-state index >= 15 is 0 Å². The third-order valence-corrected chi connectivity index (χ3v) is 5.07. The van der Waals surface area contributed by atoms with Gasteiger partial charge in [-0.1, -0.05) is 6.42 Å². The molecule has 2 bridgehead atoms. The van der Waals surface area contributed by atoms with Crippen LogP contribution in [-0.4, -0.2) is 36.1 Å². The van der Waals surface area contributed by atoms with Crippen LogP contribution in [-0.2, 0) is 0 Å². The molecule has 3 atom stereocenters. The van der Waals surface area contributed by atoms with Crippen LogP contribution in [0.15, 0.2) is 24.3 Å². The first-order valence-corrected chi connectivity index (χ1v) is 8.33. The van der Waals surface area contributed by atoms with Gasteiger partial charge in [0.25, 0.3) is 5.91 Å². The Kier molecular flexibility index (Phi) is 4.34. The molecule has 1 amide bonds. The van der Waals surface area contributed by atoms with Crippen molar-refractivity contribution in [3.8, 4) is 0 Å². The Balaban J connectivity index is 1.54. The number of fused-ring (bicyclic) bond motifs is 2. The highest BCUT2D eigenvalue weighted by molar-refractivity contribution is 7.80. The number of nitrogens with zero attached hydrogens (tertiary/aromatic N) is 1. The van der Waals surface area contributed by atoms with Crippen LogP contribution in [0.4, 0.5) is 5.69 Å². The number of carbonyl (C=O) groups excluding carboxylic acids is 1. The second-order valence-corrected chi connectivity index (χ2v) is 7.06. The minimum absolute atomic E-state index is 0.00855. The number of rotatable bonds is 3. The van der Waals surface area contributed by atoms with Gasteiger partial charge in [0.05, 0.1) is 0 Å². The largest absolute Gasteiger partial charge is 0.359 e. The molecular weight excluding hydrogens is 294 g/mol. The zero-order chi connectivity index (χ0) is 15.7. The third kappa shape index (κ3) is 3.24. The summed E-state index contributed by atoms with van der Waals surface area (Å²) < 4.78 is 0. The lowest BCUT2D eigenvalue weighted by Gasteiger charge is -2.24. The van der Waals surface area contributed by atoms with Gasteiger partial charge in [0, 0.05) is 31.4 Å². The SMILES string of the molecule is CN(C)C(=O)c1ccc(NC(=S)N[C@@H]2C[C@H]3CC[C@H]2C3)cc1. The van der Waals surface area contributed by atoms with Gasteiger partial charge >= 0.3 is 0 Å². The molecule has 1 aromatic rings. The number of benzene rings is 1. The van der Waals surface area contributed by atoms with Gasteiger partial charge in [-0.2, -0.15) is 0 Å². The van der Waals surface area contributed by atoms with Gasteiger partial charge < -0.3 is 15.5 Å². The Morgan fingerprint density at radius 2 is 1.91 bits per heavy atom. The molecule has 0 aromatic heterocycles. The van der Waals surface area contributed by atoms with Crippen LogP contribution in [0, 0.1) is 11.8 Å². The Hall–Kier alpha value is -1.62. The molecule has 2 aliphatic rings. The molecule has 0 radical (unpaired) electrons. The quantitative estimate of drug-likeness (QED) is 0.842. The van der Waals surface area contributed by atoms with Gasteiger partial charge in [-0.15, -0.1) is 0 Å². The summed E-state index contributed by atoms with van der Waals surface area (Å²) in [6, 6.07) is 7.97. The second kappa shape index (κ2) is 6.24. The zero-order valence-corrected chi connectivity index (χ0v) is 14.0. The first-order valence-electron chi connectivity index (χ1n) is 7.92. The molecule has 2 aliphatic carbocycles. The van der Waals surface area contributed by atoms with Crippen LogP contribution >= 0.6 is 12.2 Å². The fourth-order valence-corrected chi connectivity index (χ4v) is 3.98. The average molecular weight is 317 g/mol. The van der Waals surface area contributed by atoms with Crippen molar-refractivity contribution in [2.75, 3.05) is 19.4 Å². The van der Waals surface area contributed by atoms with Crippen molar-refractivity contribution >= 4 is 28.9 Å². The van der Waals surface area contributed by atoms with Crippen LogP contribution < -0.4 is 10.6 Å². The van der Waals surface area contributed by atoms with Gasteiger partial charge in [0.1, 0.15) is 0 Å². The van der Waals surface area contributed by atoms with Crippen LogP contribution in [0.2, 0.25) is 0 Å². The Morgan fingerprint density at radius 3 is 2.45 bits per heavy atom. The number of hydrogen-bond acceptors (Lipinski definition) is 2. The second-order valence-electron chi connectivity index (χ2n) is 6.66. The van der Waals surface area contributed by atoms with E-state index in [1.54, 1.807) is 19.0 Å². The van der Waals surface area contributed by atoms with Crippen molar-refractivity contribution in [3.63, 3.8) is 0 Å². The summed E-state index contributed by atoms with van der Waals surface area (Å²) in [6.07, 6.45) is 5.35. The molecule has 1 aromatic carbocycles. The summed E-state index contributed by atoms with van der Waals surface area (Å²) in [5.74, 6) is 1.71. The summed E-state index contributed by atoms with van der Waals surface area (Å²) in [7, 11) is 3.51. The Bertz CT molecular complexity index is 570. The molecule has 0 heterocycles. The molecule has 3 rings (SSSR count). The van der Waals surface area contributed by atoms with Crippen molar-refractivity contribution in [2.24, 2.45) is 11.8 Å². The van der Waals surface area contributed by atoms with Crippen molar-refractivity contribution in [2.45, 2.75) is 31.7 Å². The number of nitrogens with one attached hydrogen (secondary N) is 2. The van der Waals surface area contributed by atoms with Crippen LogP contribution in [0.1, 0.15) is 36.0 Å². The molecule has 22 heavy (non-hydrogen) atoms. The van der Waals surface area contributed by atoms with Crippen LogP contribution in [0.25, 0.3) is 0 Å². The maximum absolute atomic E-state index is 11.8. The smallest absolute Gasteiger partial charge is 0.253 e. The highest BCUT2D eigenvalue weighted by atomic mass is 32.1. The first kappa shape index (κ1) is 15.3. The minimum Gasteiger partial charge on any atom is -0.359 e. The number of thiocarbonyl (C=S) groups is 1. The molecular formula is C17H23N3OS. The van der Waals surface area contributed by atoms with Gasteiger partial charge in [0.15, 0.2) is 5.11 Å². The van der Waals surface area contributed by atoms with E-state index in [-0.39, 0.29) is 5.91 Å². The van der Waals surface area contributed by atoms with E-state index in [9.17, 15) is 4.79 Å². The molecule has 2 fully saturated rings. The normalized spacial score (nSPS) is 25.8. The molecule has 0 unspecified atom stereocenters. The van der Waals surface area contributed by atoms with Crippen molar-refractivity contribution in [1.82, 2.24) is 10.2 Å². The maximum atomic E-state index is 11.8. The lowest BCUT2D eigenvalue weighted by Crippen LogP contribution is -2.40. The molecule has 2 N–H and O–H groups in total. The predicted molar refractivity (Wildman–Crippen MR) is 93.1 cm³/mol.